The second-order valence-electron chi connectivity index (χ2n) is 4.56. The Hall–Kier alpha value is -0.0400. The van der Waals surface area contributed by atoms with Crippen LogP contribution in [0.25, 0.3) is 0 Å². The molecule has 2 aliphatic heterocycles. The van der Waals surface area contributed by atoms with Crippen LogP contribution in [0.1, 0.15) is 32.6 Å². The molecule has 3 rings (SSSR count). The number of piperidine rings is 1. The van der Waals surface area contributed by atoms with Crippen LogP contribution in [0.3, 0.4) is 0 Å². The van der Waals surface area contributed by atoms with Crippen molar-refractivity contribution >= 4 is 0 Å². The van der Waals surface area contributed by atoms with Gasteiger partial charge in [0.25, 0.3) is 0 Å². The summed E-state index contributed by atoms with van der Waals surface area (Å²) in [6.07, 6.45) is 5.97. The van der Waals surface area contributed by atoms with E-state index >= 15 is 0 Å². The third kappa shape index (κ3) is 0.493. The lowest BCUT2D eigenvalue weighted by Gasteiger charge is -2.30. The Morgan fingerprint density at radius 3 is 3.20 bits per heavy atom. The van der Waals surface area contributed by atoms with E-state index in [2.05, 4.69) is 11.8 Å². The standard InChI is InChI=1S/C9H15N/c1-9-3-2-4-10(9)8-5-7(8)6-9/h7-8H,2-6H2,1H3/t7-,8-,9+/m1/s1. The van der Waals surface area contributed by atoms with Gasteiger partial charge in [-0.1, -0.05) is 0 Å². The first-order valence-corrected chi connectivity index (χ1v) is 4.56. The van der Waals surface area contributed by atoms with Crippen molar-refractivity contribution in [3.8, 4) is 0 Å². The van der Waals surface area contributed by atoms with E-state index in [1.807, 2.05) is 0 Å². The van der Waals surface area contributed by atoms with Crippen molar-refractivity contribution in [1.29, 1.82) is 0 Å². The minimum atomic E-state index is 0.660. The minimum Gasteiger partial charge on any atom is -0.295 e. The number of hydrogen-bond donors (Lipinski definition) is 0. The maximum atomic E-state index is 2.78. The Bertz CT molecular complexity index is 178. The van der Waals surface area contributed by atoms with Crippen LogP contribution in [0.15, 0.2) is 0 Å². The van der Waals surface area contributed by atoms with E-state index in [-0.39, 0.29) is 0 Å². The first-order valence-electron chi connectivity index (χ1n) is 4.56. The molecule has 1 heteroatoms. The van der Waals surface area contributed by atoms with Crippen LogP contribution < -0.4 is 0 Å². The van der Waals surface area contributed by atoms with E-state index in [0.717, 1.165) is 12.0 Å². The molecule has 2 saturated heterocycles. The summed E-state index contributed by atoms with van der Waals surface area (Å²) >= 11 is 0. The van der Waals surface area contributed by atoms with Gasteiger partial charge in [-0.2, -0.15) is 0 Å². The summed E-state index contributed by atoms with van der Waals surface area (Å²) in [5.41, 5.74) is 0.660. The summed E-state index contributed by atoms with van der Waals surface area (Å²) in [6, 6.07) is 1.03. The Kier molecular flexibility index (Phi) is 0.797. The predicted octanol–water partition coefficient (Wildman–Crippen LogP) is 1.63. The number of nitrogens with zero attached hydrogens (tertiary/aromatic N) is 1. The molecule has 1 aliphatic carbocycles. The Balaban J connectivity index is 1.95. The molecule has 0 unspecified atom stereocenters. The van der Waals surface area contributed by atoms with Gasteiger partial charge in [0, 0.05) is 11.6 Å². The first-order chi connectivity index (χ1) is 4.80. The van der Waals surface area contributed by atoms with Gasteiger partial charge >= 0.3 is 0 Å². The van der Waals surface area contributed by atoms with Gasteiger partial charge in [-0.3, -0.25) is 4.90 Å². The van der Waals surface area contributed by atoms with Crippen molar-refractivity contribution in [2.75, 3.05) is 6.54 Å². The summed E-state index contributed by atoms with van der Waals surface area (Å²) in [5, 5.41) is 0. The van der Waals surface area contributed by atoms with Crippen LogP contribution in [0, 0.1) is 5.92 Å². The molecule has 0 aromatic carbocycles. The lowest BCUT2D eigenvalue weighted by molar-refractivity contribution is 0.181. The van der Waals surface area contributed by atoms with Crippen molar-refractivity contribution < 1.29 is 0 Å². The highest BCUT2D eigenvalue weighted by atomic mass is 15.3. The van der Waals surface area contributed by atoms with Crippen molar-refractivity contribution in [2.45, 2.75) is 44.2 Å². The largest absolute Gasteiger partial charge is 0.295 e. The fourth-order valence-corrected chi connectivity index (χ4v) is 3.23. The third-order valence-corrected chi connectivity index (χ3v) is 3.80. The smallest absolute Gasteiger partial charge is 0.0188 e. The highest BCUT2D eigenvalue weighted by molar-refractivity contribution is 5.13. The van der Waals surface area contributed by atoms with Crippen LogP contribution in [-0.4, -0.2) is 23.0 Å². The van der Waals surface area contributed by atoms with Gasteiger partial charge in [-0.05, 0) is 45.1 Å². The molecule has 1 saturated carbocycles. The number of hydrogen-bond acceptors (Lipinski definition) is 1. The van der Waals surface area contributed by atoms with Crippen LogP contribution >= 0.6 is 0 Å². The van der Waals surface area contributed by atoms with Crippen molar-refractivity contribution in [3.63, 3.8) is 0 Å². The van der Waals surface area contributed by atoms with Gasteiger partial charge in [-0.25, -0.2) is 0 Å². The van der Waals surface area contributed by atoms with Gasteiger partial charge in [0.05, 0.1) is 0 Å². The fraction of sp³-hybridized carbons (Fsp3) is 1.00. The number of fused-ring (bicyclic) bond motifs is 3. The average Bonchev–Trinajstić information content (AvgIpc) is 2.36. The summed E-state index contributed by atoms with van der Waals surface area (Å²) in [4.78, 5) is 2.78. The average molecular weight is 137 g/mol. The van der Waals surface area contributed by atoms with Gasteiger partial charge in [-0.15, -0.1) is 0 Å². The topological polar surface area (TPSA) is 3.24 Å². The van der Waals surface area contributed by atoms with E-state index in [1.54, 1.807) is 0 Å². The second-order valence-corrected chi connectivity index (χ2v) is 4.56. The van der Waals surface area contributed by atoms with Crippen LogP contribution in [-0.2, 0) is 0 Å². The molecule has 10 heavy (non-hydrogen) atoms. The van der Waals surface area contributed by atoms with Crippen molar-refractivity contribution in [2.24, 2.45) is 5.92 Å². The molecule has 0 aromatic heterocycles. The van der Waals surface area contributed by atoms with Gasteiger partial charge < -0.3 is 0 Å². The van der Waals surface area contributed by atoms with E-state index in [0.29, 0.717) is 5.54 Å². The first kappa shape index (κ1) is 5.59. The van der Waals surface area contributed by atoms with Gasteiger partial charge in [0.1, 0.15) is 0 Å². The Morgan fingerprint density at radius 2 is 2.40 bits per heavy atom. The molecule has 0 aromatic rings. The third-order valence-electron chi connectivity index (χ3n) is 3.80. The molecule has 0 amide bonds. The summed E-state index contributed by atoms with van der Waals surface area (Å²) < 4.78 is 0. The van der Waals surface area contributed by atoms with Crippen LogP contribution in [0.5, 0.6) is 0 Å². The Morgan fingerprint density at radius 1 is 1.50 bits per heavy atom. The summed E-state index contributed by atoms with van der Waals surface area (Å²) in [6.45, 7) is 3.86. The van der Waals surface area contributed by atoms with E-state index in [4.69, 9.17) is 0 Å². The fourth-order valence-electron chi connectivity index (χ4n) is 3.23. The summed E-state index contributed by atoms with van der Waals surface area (Å²) in [7, 11) is 0. The summed E-state index contributed by atoms with van der Waals surface area (Å²) in [5.74, 6) is 1.12. The van der Waals surface area contributed by atoms with Crippen molar-refractivity contribution in [3.05, 3.63) is 0 Å². The predicted molar refractivity (Wildman–Crippen MR) is 40.9 cm³/mol. The molecular formula is C9H15N. The monoisotopic (exact) mass is 137 g/mol. The molecule has 56 valence electrons. The molecule has 0 spiro atoms. The molecule has 3 atom stereocenters. The van der Waals surface area contributed by atoms with Crippen LogP contribution in [0.4, 0.5) is 0 Å². The maximum absolute atomic E-state index is 2.78. The normalized spacial score (nSPS) is 58.5. The SMILES string of the molecule is C[C@@]12CCCN1[C@@H]1C[C@@H]1C2. The molecule has 2 heterocycles. The highest BCUT2D eigenvalue weighted by Gasteiger charge is 2.58. The van der Waals surface area contributed by atoms with E-state index < -0.39 is 0 Å². The lowest BCUT2D eigenvalue weighted by Crippen LogP contribution is -2.37. The molecule has 3 aliphatic rings. The Labute approximate surface area is 62.4 Å². The molecular weight excluding hydrogens is 122 g/mol. The van der Waals surface area contributed by atoms with E-state index in [1.165, 1.54) is 32.2 Å². The van der Waals surface area contributed by atoms with Crippen LogP contribution in [0.2, 0.25) is 0 Å². The lowest BCUT2D eigenvalue weighted by atomic mass is 9.95. The zero-order valence-electron chi connectivity index (χ0n) is 6.64. The van der Waals surface area contributed by atoms with Gasteiger partial charge in [0.2, 0.25) is 0 Å². The maximum Gasteiger partial charge on any atom is 0.0188 e. The molecule has 0 bridgehead atoms. The second kappa shape index (κ2) is 1.42. The molecule has 1 nitrogen and oxygen atoms in total. The highest BCUT2D eigenvalue weighted by Crippen LogP contribution is 2.56. The zero-order chi connectivity index (χ0) is 6.77. The molecule has 0 radical (unpaired) electrons. The number of rotatable bonds is 0. The molecule has 3 fully saturated rings. The van der Waals surface area contributed by atoms with Crippen molar-refractivity contribution in [1.82, 2.24) is 4.90 Å². The quantitative estimate of drug-likeness (QED) is 0.490. The van der Waals surface area contributed by atoms with E-state index in [9.17, 15) is 0 Å². The molecule has 0 N–H and O–H groups in total. The minimum absolute atomic E-state index is 0.660. The zero-order valence-corrected chi connectivity index (χ0v) is 6.64. The van der Waals surface area contributed by atoms with Gasteiger partial charge in [0.15, 0.2) is 0 Å².